The molecule has 1 aliphatic carbocycles. The fourth-order valence-corrected chi connectivity index (χ4v) is 2.60. The Morgan fingerprint density at radius 3 is 2.42 bits per heavy atom. The van der Waals surface area contributed by atoms with Crippen molar-refractivity contribution in [2.75, 3.05) is 14.2 Å². The van der Waals surface area contributed by atoms with E-state index in [2.05, 4.69) is 0 Å². The zero-order chi connectivity index (χ0) is 14.0. The van der Waals surface area contributed by atoms with E-state index in [9.17, 15) is 4.79 Å². The molecule has 1 fully saturated rings. The summed E-state index contributed by atoms with van der Waals surface area (Å²) in [5.74, 6) is 1.24. The number of aryl methyl sites for hydroxylation is 1. The molecular formula is C15H20O4. The summed E-state index contributed by atoms with van der Waals surface area (Å²) >= 11 is 0. The molecule has 4 heteroatoms. The van der Waals surface area contributed by atoms with Crippen LogP contribution in [0.2, 0.25) is 0 Å². The fraction of sp³-hybridized carbons (Fsp3) is 0.533. The van der Waals surface area contributed by atoms with Crippen LogP contribution in [-0.4, -0.2) is 25.3 Å². The van der Waals surface area contributed by atoms with Gasteiger partial charge in [0.15, 0.2) is 0 Å². The lowest BCUT2D eigenvalue weighted by atomic mass is 9.89. The van der Waals surface area contributed by atoms with Crippen molar-refractivity contribution < 1.29 is 19.4 Å². The molecule has 2 rings (SSSR count). The highest BCUT2D eigenvalue weighted by Crippen LogP contribution is 2.48. The van der Waals surface area contributed by atoms with Gasteiger partial charge < -0.3 is 14.6 Å². The highest BCUT2D eigenvalue weighted by Gasteiger charge is 2.35. The molecule has 104 valence electrons. The first-order chi connectivity index (χ1) is 9.06. The van der Waals surface area contributed by atoms with Gasteiger partial charge in [-0.05, 0) is 42.9 Å². The molecule has 1 unspecified atom stereocenters. The molecule has 0 aromatic heterocycles. The number of carbonyl (C=O) groups is 1. The summed E-state index contributed by atoms with van der Waals surface area (Å²) in [7, 11) is 3.23. The van der Waals surface area contributed by atoms with E-state index in [-0.39, 0.29) is 12.3 Å². The van der Waals surface area contributed by atoms with Gasteiger partial charge >= 0.3 is 5.97 Å². The van der Waals surface area contributed by atoms with Crippen LogP contribution < -0.4 is 9.47 Å². The van der Waals surface area contributed by atoms with E-state index in [1.165, 1.54) is 0 Å². The first-order valence-corrected chi connectivity index (χ1v) is 6.51. The first kappa shape index (κ1) is 13.7. The van der Waals surface area contributed by atoms with Crippen molar-refractivity contribution >= 4 is 5.97 Å². The van der Waals surface area contributed by atoms with Crippen molar-refractivity contribution in [3.8, 4) is 11.5 Å². The molecule has 1 atom stereocenters. The van der Waals surface area contributed by atoms with Crippen LogP contribution in [0, 0.1) is 12.8 Å². The van der Waals surface area contributed by atoms with Crippen molar-refractivity contribution in [3.05, 3.63) is 23.3 Å². The highest BCUT2D eigenvalue weighted by molar-refractivity contribution is 5.68. The second kappa shape index (κ2) is 5.51. The third-order valence-electron chi connectivity index (χ3n) is 3.73. The predicted molar refractivity (Wildman–Crippen MR) is 72.0 cm³/mol. The van der Waals surface area contributed by atoms with Crippen molar-refractivity contribution in [3.63, 3.8) is 0 Å². The van der Waals surface area contributed by atoms with E-state index in [0.29, 0.717) is 5.92 Å². The van der Waals surface area contributed by atoms with E-state index in [1.54, 1.807) is 14.2 Å². The topological polar surface area (TPSA) is 55.8 Å². The van der Waals surface area contributed by atoms with Gasteiger partial charge in [0, 0.05) is 12.0 Å². The van der Waals surface area contributed by atoms with Crippen LogP contribution in [0.5, 0.6) is 11.5 Å². The lowest BCUT2D eigenvalue weighted by Crippen LogP contribution is -2.10. The summed E-state index contributed by atoms with van der Waals surface area (Å²) < 4.78 is 10.7. The van der Waals surface area contributed by atoms with Crippen LogP contribution in [0.4, 0.5) is 0 Å². The molecule has 1 aromatic carbocycles. The van der Waals surface area contributed by atoms with Crippen molar-refractivity contribution in [2.24, 2.45) is 5.92 Å². The van der Waals surface area contributed by atoms with Gasteiger partial charge in [-0.3, -0.25) is 4.79 Å². The number of benzene rings is 1. The van der Waals surface area contributed by atoms with Crippen molar-refractivity contribution in [2.45, 2.75) is 32.1 Å². The maximum atomic E-state index is 11.1. The van der Waals surface area contributed by atoms with Gasteiger partial charge in [0.2, 0.25) is 0 Å². The predicted octanol–water partition coefficient (Wildman–Crippen LogP) is 2.98. The minimum atomic E-state index is -0.757. The monoisotopic (exact) mass is 264 g/mol. The Kier molecular flexibility index (Phi) is 3.98. The van der Waals surface area contributed by atoms with Crippen LogP contribution >= 0.6 is 0 Å². The van der Waals surface area contributed by atoms with Crippen molar-refractivity contribution in [1.29, 1.82) is 0 Å². The maximum Gasteiger partial charge on any atom is 0.303 e. The summed E-state index contributed by atoms with van der Waals surface area (Å²) in [6, 6.07) is 3.85. The molecule has 0 heterocycles. The highest BCUT2D eigenvalue weighted by atomic mass is 16.5. The van der Waals surface area contributed by atoms with Crippen LogP contribution in [0.3, 0.4) is 0 Å². The lowest BCUT2D eigenvalue weighted by Gasteiger charge is -2.20. The number of aliphatic carboxylic acids is 1. The maximum absolute atomic E-state index is 11.1. The Hall–Kier alpha value is -1.71. The van der Waals surface area contributed by atoms with Crippen LogP contribution in [0.15, 0.2) is 12.1 Å². The summed E-state index contributed by atoms with van der Waals surface area (Å²) in [4.78, 5) is 11.1. The number of ether oxygens (including phenoxy) is 2. The van der Waals surface area contributed by atoms with E-state index < -0.39 is 5.97 Å². The van der Waals surface area contributed by atoms with Gasteiger partial charge in [-0.1, -0.05) is 0 Å². The molecular weight excluding hydrogens is 244 g/mol. The molecule has 0 radical (unpaired) electrons. The standard InChI is InChI=1S/C15H20O4/c1-9-6-12(14(19-3)8-13(9)18-2)11(7-15(16)17)10-4-5-10/h6,8,10-11H,4-5,7H2,1-3H3,(H,16,17). The second-order valence-electron chi connectivity index (χ2n) is 5.11. The molecule has 19 heavy (non-hydrogen) atoms. The molecule has 1 N–H and O–H groups in total. The number of carboxylic acid groups (broad SMARTS) is 1. The van der Waals surface area contributed by atoms with Crippen LogP contribution in [0.1, 0.15) is 36.3 Å². The van der Waals surface area contributed by atoms with Crippen LogP contribution in [-0.2, 0) is 4.79 Å². The van der Waals surface area contributed by atoms with E-state index in [1.807, 2.05) is 19.1 Å². The smallest absolute Gasteiger partial charge is 0.303 e. The number of rotatable bonds is 6. The summed E-state index contributed by atoms with van der Waals surface area (Å²) in [5, 5.41) is 9.09. The second-order valence-corrected chi connectivity index (χ2v) is 5.11. The van der Waals surface area contributed by atoms with E-state index in [4.69, 9.17) is 14.6 Å². The normalized spacial score (nSPS) is 15.9. The van der Waals surface area contributed by atoms with Gasteiger partial charge in [0.1, 0.15) is 11.5 Å². The van der Waals surface area contributed by atoms with E-state index >= 15 is 0 Å². The molecule has 1 saturated carbocycles. The largest absolute Gasteiger partial charge is 0.496 e. The van der Waals surface area contributed by atoms with Crippen LogP contribution in [0.25, 0.3) is 0 Å². The molecule has 1 aromatic rings. The van der Waals surface area contributed by atoms with Gasteiger partial charge in [-0.25, -0.2) is 0 Å². The molecule has 1 aliphatic rings. The van der Waals surface area contributed by atoms with Gasteiger partial charge in [-0.15, -0.1) is 0 Å². The average molecular weight is 264 g/mol. The Morgan fingerprint density at radius 1 is 1.32 bits per heavy atom. The first-order valence-electron chi connectivity index (χ1n) is 6.51. The minimum absolute atomic E-state index is 0.0389. The molecule has 4 nitrogen and oxygen atoms in total. The zero-order valence-corrected chi connectivity index (χ0v) is 11.6. The lowest BCUT2D eigenvalue weighted by molar-refractivity contribution is -0.137. The molecule has 0 aliphatic heterocycles. The summed E-state index contributed by atoms with van der Waals surface area (Å²) in [6.45, 7) is 1.96. The van der Waals surface area contributed by atoms with Gasteiger partial charge in [-0.2, -0.15) is 0 Å². The molecule has 0 amide bonds. The SMILES string of the molecule is COc1cc(OC)c(C(CC(=O)O)C2CC2)cc1C. The number of hydrogen-bond donors (Lipinski definition) is 1. The van der Waals surface area contributed by atoms with Gasteiger partial charge in [0.05, 0.1) is 20.6 Å². The Bertz CT molecular complexity index is 477. The molecule has 0 bridgehead atoms. The van der Waals surface area contributed by atoms with Crippen molar-refractivity contribution in [1.82, 2.24) is 0 Å². The molecule has 0 spiro atoms. The summed E-state index contributed by atoms with van der Waals surface area (Å²) in [6.07, 6.45) is 2.37. The third-order valence-corrected chi connectivity index (χ3v) is 3.73. The third kappa shape index (κ3) is 3.00. The zero-order valence-electron chi connectivity index (χ0n) is 11.6. The number of methoxy groups -OCH3 is 2. The average Bonchev–Trinajstić information content (AvgIpc) is 3.19. The van der Waals surface area contributed by atoms with Gasteiger partial charge in [0.25, 0.3) is 0 Å². The Labute approximate surface area is 113 Å². The minimum Gasteiger partial charge on any atom is -0.496 e. The van der Waals surface area contributed by atoms with E-state index in [0.717, 1.165) is 35.5 Å². The fourth-order valence-electron chi connectivity index (χ4n) is 2.60. The Balaban J connectivity index is 2.40. The molecule has 0 saturated heterocycles. The Morgan fingerprint density at radius 2 is 1.95 bits per heavy atom. The number of carboxylic acids is 1. The quantitative estimate of drug-likeness (QED) is 0.858. The summed E-state index contributed by atoms with van der Waals surface area (Å²) in [5.41, 5.74) is 2.00. The number of hydrogen-bond acceptors (Lipinski definition) is 3.